The minimum atomic E-state index is -0.279. The number of methoxy groups -OCH3 is 1. The van der Waals surface area contributed by atoms with E-state index < -0.39 is 0 Å². The maximum atomic E-state index is 11.5. The van der Waals surface area contributed by atoms with Crippen molar-refractivity contribution in [1.82, 2.24) is 5.32 Å². The van der Waals surface area contributed by atoms with E-state index in [4.69, 9.17) is 20.5 Å². The zero-order valence-electron chi connectivity index (χ0n) is 11.7. The molecule has 6 heteroatoms. The van der Waals surface area contributed by atoms with Gasteiger partial charge in [-0.25, -0.2) is 0 Å². The first-order valence-electron chi connectivity index (χ1n) is 6.28. The summed E-state index contributed by atoms with van der Waals surface area (Å²) in [5.41, 5.74) is 6.71. The lowest BCUT2D eigenvalue weighted by molar-refractivity contribution is -0.123. The van der Waals surface area contributed by atoms with Crippen LogP contribution in [0.15, 0.2) is 18.2 Å². The molecule has 20 heavy (non-hydrogen) atoms. The Hall–Kier alpha value is -2.26. The van der Waals surface area contributed by atoms with Crippen molar-refractivity contribution in [2.75, 3.05) is 20.3 Å². The highest BCUT2D eigenvalue weighted by Gasteiger charge is 2.10. The average Bonchev–Trinajstić information content (AvgIpc) is 2.45. The van der Waals surface area contributed by atoms with Gasteiger partial charge >= 0.3 is 0 Å². The Labute approximate surface area is 118 Å². The van der Waals surface area contributed by atoms with Crippen molar-refractivity contribution in [2.45, 2.75) is 19.4 Å². The van der Waals surface area contributed by atoms with Crippen LogP contribution in [0.25, 0.3) is 0 Å². The van der Waals surface area contributed by atoms with Crippen LogP contribution in [0.3, 0.4) is 0 Å². The number of amides is 1. The van der Waals surface area contributed by atoms with E-state index in [1.807, 2.05) is 19.1 Å². The molecule has 0 spiro atoms. The van der Waals surface area contributed by atoms with Gasteiger partial charge in [0.15, 0.2) is 18.1 Å². The van der Waals surface area contributed by atoms with E-state index in [2.05, 4.69) is 5.32 Å². The van der Waals surface area contributed by atoms with Crippen LogP contribution in [0.4, 0.5) is 0 Å². The minimum absolute atomic E-state index is 0.104. The van der Waals surface area contributed by atoms with E-state index in [0.717, 1.165) is 5.56 Å². The van der Waals surface area contributed by atoms with Gasteiger partial charge < -0.3 is 20.5 Å². The molecule has 0 saturated heterocycles. The first-order valence-corrected chi connectivity index (χ1v) is 6.28. The molecule has 0 saturated carbocycles. The second-order valence-corrected chi connectivity index (χ2v) is 4.25. The Bertz CT molecular complexity index is 495. The molecule has 0 fully saturated rings. The molecule has 0 aliphatic carbocycles. The zero-order chi connectivity index (χ0) is 15.0. The summed E-state index contributed by atoms with van der Waals surface area (Å²) in [4.78, 5) is 11.5. The van der Waals surface area contributed by atoms with E-state index in [1.54, 1.807) is 12.1 Å². The number of rotatable bonds is 7. The van der Waals surface area contributed by atoms with Gasteiger partial charge in [-0.15, -0.1) is 0 Å². The van der Waals surface area contributed by atoms with Crippen molar-refractivity contribution in [3.05, 3.63) is 23.8 Å². The number of hydrogen-bond donors (Lipinski definition) is 2. The number of nitrogens with zero attached hydrogens (tertiary/aromatic N) is 1. The molecule has 3 N–H and O–H groups in total. The summed E-state index contributed by atoms with van der Waals surface area (Å²) < 4.78 is 10.6. The van der Waals surface area contributed by atoms with E-state index in [1.165, 1.54) is 7.11 Å². The highest BCUT2D eigenvalue weighted by atomic mass is 16.5. The first kappa shape index (κ1) is 15.8. The van der Waals surface area contributed by atoms with Crippen molar-refractivity contribution in [2.24, 2.45) is 5.73 Å². The Morgan fingerprint density at radius 3 is 2.85 bits per heavy atom. The van der Waals surface area contributed by atoms with Gasteiger partial charge in [-0.1, -0.05) is 6.07 Å². The number of nitriles is 1. The average molecular weight is 277 g/mol. The normalized spacial score (nSPS) is 11.3. The van der Waals surface area contributed by atoms with E-state index in [0.29, 0.717) is 18.0 Å². The summed E-state index contributed by atoms with van der Waals surface area (Å²) in [5, 5.41) is 10.9. The van der Waals surface area contributed by atoms with Crippen LogP contribution in [0, 0.1) is 11.3 Å². The molecular weight excluding hydrogens is 258 g/mol. The van der Waals surface area contributed by atoms with Crippen molar-refractivity contribution in [1.29, 1.82) is 5.26 Å². The van der Waals surface area contributed by atoms with Crippen LogP contribution in [0.1, 0.15) is 24.9 Å². The maximum absolute atomic E-state index is 11.5. The summed E-state index contributed by atoms with van der Waals surface area (Å²) in [6.07, 6.45) is 0.276. The smallest absolute Gasteiger partial charge is 0.257 e. The second-order valence-electron chi connectivity index (χ2n) is 4.25. The topological polar surface area (TPSA) is 97.4 Å². The largest absolute Gasteiger partial charge is 0.493 e. The molecule has 1 aromatic carbocycles. The molecule has 1 rings (SSSR count). The fourth-order valence-electron chi connectivity index (χ4n) is 1.54. The van der Waals surface area contributed by atoms with Crippen LogP contribution in [-0.4, -0.2) is 26.2 Å². The quantitative estimate of drug-likeness (QED) is 0.728. The number of carbonyl (C=O) groups excluding carboxylic acids is 1. The molecule has 1 amide bonds. The van der Waals surface area contributed by atoms with Crippen molar-refractivity contribution in [3.8, 4) is 17.6 Å². The predicted octanol–water partition coefficient (Wildman–Crippen LogP) is 1.12. The molecule has 0 bridgehead atoms. The summed E-state index contributed by atoms with van der Waals surface area (Å²) in [6, 6.07) is 7.18. The number of benzene rings is 1. The number of nitrogens with one attached hydrogen (secondary N) is 1. The van der Waals surface area contributed by atoms with Gasteiger partial charge in [0.05, 0.1) is 19.6 Å². The third kappa shape index (κ3) is 4.78. The maximum Gasteiger partial charge on any atom is 0.257 e. The lowest BCUT2D eigenvalue weighted by atomic mass is 10.1. The first-order chi connectivity index (χ1) is 9.58. The van der Waals surface area contributed by atoms with E-state index in [-0.39, 0.29) is 25.0 Å². The van der Waals surface area contributed by atoms with Crippen molar-refractivity contribution in [3.63, 3.8) is 0 Å². The standard InChI is InChI=1S/C14H19N3O3/c1-10(16)11-4-5-12(13(8-11)19-2)20-9-14(18)17-7-3-6-15/h4-5,8,10H,3,7,9,16H2,1-2H3,(H,17,18)/t10-/m1/s1. The molecule has 0 heterocycles. The Kier molecular flexibility index (Phi) is 6.33. The molecule has 108 valence electrons. The summed E-state index contributed by atoms with van der Waals surface area (Å²) in [5.74, 6) is 0.732. The van der Waals surface area contributed by atoms with Gasteiger partial charge in [0.2, 0.25) is 0 Å². The van der Waals surface area contributed by atoms with Gasteiger partial charge in [0.25, 0.3) is 5.91 Å². The molecule has 6 nitrogen and oxygen atoms in total. The zero-order valence-corrected chi connectivity index (χ0v) is 11.7. The number of nitrogens with two attached hydrogens (primary N) is 1. The lowest BCUT2D eigenvalue weighted by Crippen LogP contribution is -2.29. The fraction of sp³-hybridized carbons (Fsp3) is 0.429. The van der Waals surface area contributed by atoms with Crippen LogP contribution in [-0.2, 0) is 4.79 Å². The fourth-order valence-corrected chi connectivity index (χ4v) is 1.54. The Balaban J connectivity index is 2.59. The molecule has 0 unspecified atom stereocenters. The summed E-state index contributed by atoms with van der Waals surface area (Å²) in [6.45, 7) is 2.07. The lowest BCUT2D eigenvalue weighted by Gasteiger charge is -2.13. The predicted molar refractivity (Wildman–Crippen MR) is 74.3 cm³/mol. The number of ether oxygens (including phenoxy) is 2. The summed E-state index contributed by atoms with van der Waals surface area (Å²) >= 11 is 0. The number of carbonyl (C=O) groups is 1. The molecule has 1 aromatic rings. The third-order valence-corrected chi connectivity index (χ3v) is 2.63. The van der Waals surface area contributed by atoms with E-state index >= 15 is 0 Å². The summed E-state index contributed by atoms with van der Waals surface area (Å²) in [7, 11) is 1.53. The highest BCUT2D eigenvalue weighted by molar-refractivity contribution is 5.77. The van der Waals surface area contributed by atoms with Gasteiger partial charge in [-0.05, 0) is 24.6 Å². The monoisotopic (exact) mass is 277 g/mol. The van der Waals surface area contributed by atoms with Crippen LogP contribution in [0.5, 0.6) is 11.5 Å². The molecule has 0 aliphatic heterocycles. The molecule has 1 atom stereocenters. The Morgan fingerprint density at radius 2 is 2.25 bits per heavy atom. The van der Waals surface area contributed by atoms with Crippen molar-refractivity contribution < 1.29 is 14.3 Å². The van der Waals surface area contributed by atoms with Gasteiger partial charge in [-0.3, -0.25) is 4.79 Å². The van der Waals surface area contributed by atoms with Crippen molar-refractivity contribution >= 4 is 5.91 Å². The molecular formula is C14H19N3O3. The highest BCUT2D eigenvalue weighted by Crippen LogP contribution is 2.29. The SMILES string of the molecule is COc1cc([C@@H](C)N)ccc1OCC(=O)NCCC#N. The van der Waals surface area contributed by atoms with Crippen LogP contribution < -0.4 is 20.5 Å². The van der Waals surface area contributed by atoms with E-state index in [9.17, 15) is 4.79 Å². The molecule has 0 radical (unpaired) electrons. The van der Waals surface area contributed by atoms with Gasteiger partial charge in [0.1, 0.15) is 0 Å². The molecule has 0 aliphatic rings. The van der Waals surface area contributed by atoms with Crippen LogP contribution in [0.2, 0.25) is 0 Å². The molecule has 0 aromatic heterocycles. The second kappa shape index (κ2) is 8.02. The Morgan fingerprint density at radius 1 is 1.50 bits per heavy atom. The van der Waals surface area contributed by atoms with Gasteiger partial charge in [-0.2, -0.15) is 5.26 Å². The number of hydrogen-bond acceptors (Lipinski definition) is 5. The van der Waals surface area contributed by atoms with Crippen LogP contribution >= 0.6 is 0 Å². The minimum Gasteiger partial charge on any atom is -0.493 e. The third-order valence-electron chi connectivity index (χ3n) is 2.63. The van der Waals surface area contributed by atoms with Gasteiger partial charge in [0, 0.05) is 12.6 Å².